The smallest absolute Gasteiger partial charge is 0.394 e. The number of alkyl halides is 3. The van der Waals surface area contributed by atoms with Gasteiger partial charge in [-0.15, -0.1) is 0 Å². The predicted octanol–water partition coefficient (Wildman–Crippen LogP) is 2.19. The zero-order valence-electron chi connectivity index (χ0n) is 10.1. The molecule has 106 valence electrons. The first-order valence-corrected chi connectivity index (χ1v) is 6.31. The number of carbonyl (C=O) groups excluding carboxylic acids is 1. The number of hydrogen-bond acceptors (Lipinski definition) is 4. The Morgan fingerprint density at radius 3 is 2.79 bits per heavy atom. The number of amides is 1. The van der Waals surface area contributed by atoms with Gasteiger partial charge in [-0.3, -0.25) is 4.79 Å². The minimum atomic E-state index is -4.51. The molecule has 1 amide bonds. The lowest BCUT2D eigenvalue weighted by Gasteiger charge is -2.15. The van der Waals surface area contributed by atoms with Crippen molar-refractivity contribution in [1.82, 2.24) is 10.3 Å². The highest BCUT2D eigenvalue weighted by Gasteiger charge is 2.32. The van der Waals surface area contributed by atoms with E-state index in [4.69, 9.17) is 5.11 Å². The van der Waals surface area contributed by atoms with Crippen LogP contribution in [0.3, 0.4) is 0 Å². The van der Waals surface area contributed by atoms with Crippen LogP contribution in [0.1, 0.15) is 23.7 Å². The summed E-state index contributed by atoms with van der Waals surface area (Å²) in [6.45, 7) is 1.47. The molecule has 8 heteroatoms. The van der Waals surface area contributed by atoms with E-state index in [0.29, 0.717) is 6.42 Å². The molecule has 0 aliphatic rings. The van der Waals surface area contributed by atoms with Crippen molar-refractivity contribution in [3.05, 3.63) is 23.9 Å². The Labute approximate surface area is 112 Å². The fraction of sp³-hybridized carbons (Fsp3) is 0.455. The molecule has 2 N–H and O–H groups in total. The van der Waals surface area contributed by atoms with E-state index < -0.39 is 34.2 Å². The molecule has 0 aliphatic heterocycles. The number of thioether (sulfide) groups is 1. The molecule has 19 heavy (non-hydrogen) atoms. The summed E-state index contributed by atoms with van der Waals surface area (Å²) in [7, 11) is 0. The molecule has 0 aliphatic carbocycles. The molecule has 0 radical (unpaired) electrons. The summed E-state index contributed by atoms with van der Waals surface area (Å²) in [5.41, 5.74) is -4.67. The van der Waals surface area contributed by atoms with Gasteiger partial charge < -0.3 is 10.4 Å². The van der Waals surface area contributed by atoms with Crippen molar-refractivity contribution < 1.29 is 23.1 Å². The van der Waals surface area contributed by atoms with Gasteiger partial charge >= 0.3 is 5.51 Å². The molecule has 1 aromatic heterocycles. The van der Waals surface area contributed by atoms with Gasteiger partial charge in [-0.25, -0.2) is 4.98 Å². The van der Waals surface area contributed by atoms with Crippen molar-refractivity contribution in [2.75, 3.05) is 6.61 Å². The number of halogens is 3. The van der Waals surface area contributed by atoms with Crippen LogP contribution in [-0.4, -0.2) is 34.2 Å². The molecule has 1 atom stereocenters. The maximum absolute atomic E-state index is 12.3. The largest absolute Gasteiger partial charge is 0.447 e. The van der Waals surface area contributed by atoms with Crippen LogP contribution in [0.15, 0.2) is 23.4 Å². The Hall–Kier alpha value is -1.28. The lowest BCUT2D eigenvalue weighted by Crippen LogP contribution is -2.37. The normalized spacial score (nSPS) is 13.1. The zero-order chi connectivity index (χ0) is 14.5. The van der Waals surface area contributed by atoms with Gasteiger partial charge in [0.05, 0.1) is 18.2 Å². The van der Waals surface area contributed by atoms with Crippen LogP contribution < -0.4 is 5.32 Å². The van der Waals surface area contributed by atoms with Crippen LogP contribution in [0, 0.1) is 0 Å². The summed E-state index contributed by atoms with van der Waals surface area (Å²) >= 11 is -0.436. The molecule has 0 fully saturated rings. The Morgan fingerprint density at radius 1 is 1.58 bits per heavy atom. The monoisotopic (exact) mass is 294 g/mol. The number of hydrogen-bond donors (Lipinski definition) is 2. The Kier molecular flexibility index (Phi) is 5.61. The van der Waals surface area contributed by atoms with Crippen LogP contribution in [0.2, 0.25) is 0 Å². The Bertz CT molecular complexity index is 436. The van der Waals surface area contributed by atoms with Crippen LogP contribution in [0.4, 0.5) is 13.2 Å². The van der Waals surface area contributed by atoms with Crippen molar-refractivity contribution in [3.8, 4) is 0 Å². The van der Waals surface area contributed by atoms with Crippen molar-refractivity contribution in [2.24, 2.45) is 0 Å². The molecule has 1 rings (SSSR count). The highest BCUT2D eigenvalue weighted by Crippen LogP contribution is 2.37. The fourth-order valence-corrected chi connectivity index (χ4v) is 1.90. The molecule has 0 saturated carbocycles. The van der Waals surface area contributed by atoms with Gasteiger partial charge in [-0.1, -0.05) is 6.92 Å². The number of nitrogens with zero attached hydrogens (tertiary/aromatic N) is 1. The third-order valence-electron chi connectivity index (χ3n) is 2.28. The summed E-state index contributed by atoms with van der Waals surface area (Å²) in [6.07, 6.45) is 1.67. The first kappa shape index (κ1) is 15.8. The molecular weight excluding hydrogens is 281 g/mol. The second-order valence-corrected chi connectivity index (χ2v) is 4.72. The van der Waals surface area contributed by atoms with E-state index in [1.165, 1.54) is 18.3 Å². The number of rotatable bonds is 5. The number of aliphatic hydroxyl groups excluding tert-OH is 1. The summed E-state index contributed by atoms with van der Waals surface area (Å²) in [5.74, 6) is -0.680. The van der Waals surface area contributed by atoms with Crippen LogP contribution >= 0.6 is 11.8 Å². The number of carbonyl (C=O) groups is 1. The van der Waals surface area contributed by atoms with E-state index in [1.807, 2.05) is 0 Å². The fourth-order valence-electron chi connectivity index (χ4n) is 1.29. The minimum Gasteiger partial charge on any atom is -0.394 e. The van der Waals surface area contributed by atoms with Crippen LogP contribution in [0.25, 0.3) is 0 Å². The van der Waals surface area contributed by atoms with E-state index in [1.54, 1.807) is 6.92 Å². The van der Waals surface area contributed by atoms with E-state index in [-0.39, 0.29) is 12.2 Å². The average Bonchev–Trinajstić information content (AvgIpc) is 2.34. The van der Waals surface area contributed by atoms with E-state index >= 15 is 0 Å². The first-order chi connectivity index (χ1) is 8.87. The molecule has 1 heterocycles. The lowest BCUT2D eigenvalue weighted by molar-refractivity contribution is -0.0329. The maximum atomic E-state index is 12.3. The molecule has 0 saturated heterocycles. The topological polar surface area (TPSA) is 62.2 Å². The van der Waals surface area contributed by atoms with E-state index in [9.17, 15) is 18.0 Å². The molecular formula is C11H13F3N2O2S. The highest BCUT2D eigenvalue weighted by atomic mass is 32.2. The number of pyridine rings is 1. The van der Waals surface area contributed by atoms with Gasteiger partial charge in [0.1, 0.15) is 5.03 Å². The quantitative estimate of drug-likeness (QED) is 0.817. The number of nitrogens with one attached hydrogen (secondary N) is 1. The summed E-state index contributed by atoms with van der Waals surface area (Å²) in [4.78, 5) is 15.4. The average molecular weight is 294 g/mol. The summed E-state index contributed by atoms with van der Waals surface area (Å²) < 4.78 is 37.0. The van der Waals surface area contributed by atoms with Gasteiger partial charge in [-0.05, 0) is 18.6 Å². The van der Waals surface area contributed by atoms with Crippen LogP contribution in [-0.2, 0) is 0 Å². The lowest BCUT2D eigenvalue weighted by atomic mass is 10.2. The van der Waals surface area contributed by atoms with Crippen molar-refractivity contribution >= 4 is 17.7 Å². The Morgan fingerprint density at radius 2 is 2.26 bits per heavy atom. The van der Waals surface area contributed by atoms with E-state index in [0.717, 1.165) is 0 Å². The highest BCUT2D eigenvalue weighted by molar-refractivity contribution is 8.00. The van der Waals surface area contributed by atoms with Gasteiger partial charge in [-0.2, -0.15) is 13.2 Å². The molecule has 0 spiro atoms. The van der Waals surface area contributed by atoms with Crippen molar-refractivity contribution in [3.63, 3.8) is 0 Å². The number of aliphatic hydroxyl groups is 1. The van der Waals surface area contributed by atoms with Crippen LogP contribution in [0.5, 0.6) is 0 Å². The standard InChI is InChI=1S/C11H13F3N2O2S/c1-2-7(6-17)16-9(18)8-4-3-5-15-10(8)19-11(12,13)14/h3-5,7,17H,2,6H2,1H3,(H,16,18). The molecule has 1 aromatic rings. The maximum Gasteiger partial charge on any atom is 0.447 e. The summed E-state index contributed by atoms with van der Waals surface area (Å²) in [5, 5.41) is 11.0. The summed E-state index contributed by atoms with van der Waals surface area (Å²) in [6, 6.07) is 2.16. The molecule has 0 bridgehead atoms. The SMILES string of the molecule is CCC(CO)NC(=O)c1cccnc1SC(F)(F)F. The Balaban J connectivity index is 2.90. The van der Waals surface area contributed by atoms with Gasteiger partial charge in [0.15, 0.2) is 0 Å². The molecule has 4 nitrogen and oxygen atoms in total. The second kappa shape index (κ2) is 6.76. The third kappa shape index (κ3) is 5.07. The minimum absolute atomic E-state index is 0.156. The van der Waals surface area contributed by atoms with Gasteiger partial charge in [0.25, 0.3) is 5.91 Å². The third-order valence-corrected chi connectivity index (χ3v) is 3.03. The van der Waals surface area contributed by atoms with Gasteiger partial charge in [0, 0.05) is 18.0 Å². The van der Waals surface area contributed by atoms with Crippen molar-refractivity contribution in [1.29, 1.82) is 0 Å². The van der Waals surface area contributed by atoms with E-state index in [2.05, 4.69) is 10.3 Å². The molecule has 0 aromatic carbocycles. The predicted molar refractivity (Wildman–Crippen MR) is 64.8 cm³/mol. The zero-order valence-corrected chi connectivity index (χ0v) is 10.9. The first-order valence-electron chi connectivity index (χ1n) is 5.49. The van der Waals surface area contributed by atoms with Crippen molar-refractivity contribution in [2.45, 2.75) is 29.9 Å². The van der Waals surface area contributed by atoms with Gasteiger partial charge in [0.2, 0.25) is 0 Å². The number of aromatic nitrogens is 1. The molecule has 1 unspecified atom stereocenters. The second-order valence-electron chi connectivity index (χ2n) is 3.67.